The van der Waals surface area contributed by atoms with Crippen molar-refractivity contribution in [1.82, 2.24) is 10.2 Å². The minimum Gasteiger partial charge on any atom is -0.480 e. The summed E-state index contributed by atoms with van der Waals surface area (Å²) in [5.41, 5.74) is 7.81. The van der Waals surface area contributed by atoms with Crippen molar-refractivity contribution < 1.29 is 14.7 Å². The van der Waals surface area contributed by atoms with E-state index in [1.807, 2.05) is 35.2 Å². The molecule has 0 aliphatic carbocycles. The van der Waals surface area contributed by atoms with Gasteiger partial charge in [-0.1, -0.05) is 62.8 Å². The molecule has 1 amide bonds. The van der Waals surface area contributed by atoms with E-state index in [9.17, 15) is 14.7 Å². The fraction of sp³-hybridized carbons (Fsp3) is 0.600. The molecule has 0 spiro atoms. The van der Waals surface area contributed by atoms with Crippen molar-refractivity contribution in [2.24, 2.45) is 11.7 Å². The number of nitrogens with two attached hydrogens (primary N) is 1. The zero-order chi connectivity index (χ0) is 22.8. The molecule has 0 radical (unpaired) electrons. The number of carbonyl (C=O) groups is 2. The van der Waals surface area contributed by atoms with Crippen molar-refractivity contribution in [2.75, 3.05) is 13.1 Å². The van der Waals surface area contributed by atoms with E-state index in [1.165, 1.54) is 0 Å². The molecule has 0 bridgehead atoms. The molecular formula is C25H39N3O3. The first-order valence-corrected chi connectivity index (χ1v) is 11.6. The number of carboxylic acids is 1. The van der Waals surface area contributed by atoms with E-state index in [0.29, 0.717) is 38.3 Å². The highest BCUT2D eigenvalue weighted by Gasteiger charge is 2.36. The molecule has 1 aromatic carbocycles. The van der Waals surface area contributed by atoms with Gasteiger partial charge in [-0.2, -0.15) is 0 Å². The third-order valence-electron chi connectivity index (χ3n) is 6.22. The van der Waals surface area contributed by atoms with E-state index in [-0.39, 0.29) is 11.9 Å². The summed E-state index contributed by atoms with van der Waals surface area (Å²) >= 11 is 0. The van der Waals surface area contributed by atoms with Crippen LogP contribution in [0, 0.1) is 5.92 Å². The molecule has 1 heterocycles. The zero-order valence-corrected chi connectivity index (χ0v) is 19.1. The molecule has 31 heavy (non-hydrogen) atoms. The van der Waals surface area contributed by atoms with Gasteiger partial charge in [-0.3, -0.25) is 14.9 Å². The SMILES string of the molecule is C=C(C(C)C)[C@@H]1CCCN1C(=O)[C@H](CCCCN)N[C@@H](CCc1ccccc1)C(=O)O. The van der Waals surface area contributed by atoms with Crippen molar-refractivity contribution in [3.05, 3.63) is 48.0 Å². The van der Waals surface area contributed by atoms with Crippen molar-refractivity contribution in [3.8, 4) is 0 Å². The first-order valence-electron chi connectivity index (χ1n) is 11.6. The van der Waals surface area contributed by atoms with Crippen LogP contribution >= 0.6 is 0 Å². The number of amides is 1. The first-order chi connectivity index (χ1) is 14.8. The van der Waals surface area contributed by atoms with Crippen LogP contribution in [0.3, 0.4) is 0 Å². The zero-order valence-electron chi connectivity index (χ0n) is 19.1. The number of rotatable bonds is 13. The molecule has 6 heteroatoms. The third-order valence-corrected chi connectivity index (χ3v) is 6.22. The average molecular weight is 430 g/mol. The van der Waals surface area contributed by atoms with Gasteiger partial charge in [0.15, 0.2) is 0 Å². The van der Waals surface area contributed by atoms with Crippen LogP contribution in [0.5, 0.6) is 0 Å². The monoisotopic (exact) mass is 429 g/mol. The number of aliphatic carboxylic acids is 1. The van der Waals surface area contributed by atoms with Crippen LogP contribution in [0.1, 0.15) is 57.9 Å². The Kier molecular flexibility index (Phi) is 10.2. The fourth-order valence-electron chi connectivity index (χ4n) is 4.25. The fourth-order valence-corrected chi connectivity index (χ4v) is 4.25. The lowest BCUT2D eigenvalue weighted by atomic mass is 9.95. The summed E-state index contributed by atoms with van der Waals surface area (Å²) < 4.78 is 0. The van der Waals surface area contributed by atoms with E-state index in [1.54, 1.807) is 0 Å². The van der Waals surface area contributed by atoms with Gasteiger partial charge >= 0.3 is 5.97 Å². The van der Waals surface area contributed by atoms with Crippen LogP contribution < -0.4 is 11.1 Å². The van der Waals surface area contributed by atoms with Crippen LogP contribution in [0.2, 0.25) is 0 Å². The van der Waals surface area contributed by atoms with Gasteiger partial charge in [0.05, 0.1) is 12.1 Å². The van der Waals surface area contributed by atoms with Crippen LogP contribution in [0.25, 0.3) is 0 Å². The molecule has 1 fully saturated rings. The Morgan fingerprint density at radius 3 is 2.52 bits per heavy atom. The summed E-state index contributed by atoms with van der Waals surface area (Å²) in [6.07, 6.45) is 5.14. The molecule has 1 aliphatic heterocycles. The third kappa shape index (κ3) is 7.47. The molecule has 0 unspecified atom stereocenters. The quantitative estimate of drug-likeness (QED) is 0.330. The molecule has 172 valence electrons. The highest BCUT2D eigenvalue weighted by molar-refractivity contribution is 5.84. The average Bonchev–Trinajstić information content (AvgIpc) is 3.24. The number of benzene rings is 1. The molecule has 0 aromatic heterocycles. The molecule has 1 aromatic rings. The van der Waals surface area contributed by atoms with E-state index in [0.717, 1.165) is 36.8 Å². The highest BCUT2D eigenvalue weighted by atomic mass is 16.4. The molecule has 0 saturated carbocycles. The van der Waals surface area contributed by atoms with Gasteiger partial charge in [-0.15, -0.1) is 0 Å². The molecule has 2 rings (SSSR count). The number of nitrogens with zero attached hydrogens (tertiary/aromatic N) is 1. The number of aryl methyl sites for hydroxylation is 1. The van der Waals surface area contributed by atoms with Crippen LogP contribution in [0.15, 0.2) is 42.5 Å². The Bertz CT molecular complexity index is 720. The second kappa shape index (κ2) is 12.6. The molecule has 6 nitrogen and oxygen atoms in total. The van der Waals surface area contributed by atoms with Crippen molar-refractivity contribution in [1.29, 1.82) is 0 Å². The maximum Gasteiger partial charge on any atom is 0.320 e. The number of hydrogen-bond donors (Lipinski definition) is 3. The number of carboxylic acid groups (broad SMARTS) is 1. The standard InChI is InChI=1S/C25H39N3O3/c1-18(2)19(3)23-13-9-17-28(23)24(29)21(12-7-8-16-26)27-22(25(30)31)15-14-20-10-5-4-6-11-20/h4-6,10-11,18,21-23,27H,3,7-9,12-17,26H2,1-2H3,(H,30,31)/t21-,22-,23-/m0/s1. The van der Waals surface area contributed by atoms with E-state index >= 15 is 0 Å². The Labute approximate surface area is 186 Å². The summed E-state index contributed by atoms with van der Waals surface area (Å²) in [5, 5.41) is 13.0. The minimum absolute atomic E-state index is 0.00715. The first kappa shape index (κ1) is 25.1. The molecule has 4 N–H and O–H groups in total. The summed E-state index contributed by atoms with van der Waals surface area (Å²) in [7, 11) is 0. The van der Waals surface area contributed by atoms with Gasteiger partial charge in [-0.05, 0) is 56.6 Å². The Morgan fingerprint density at radius 2 is 1.90 bits per heavy atom. The van der Waals surface area contributed by atoms with Crippen LogP contribution in [-0.4, -0.2) is 53.1 Å². The second-order valence-corrected chi connectivity index (χ2v) is 8.84. The Morgan fingerprint density at radius 1 is 1.19 bits per heavy atom. The van der Waals surface area contributed by atoms with Gasteiger partial charge in [0.25, 0.3) is 0 Å². The molecule has 3 atom stereocenters. The van der Waals surface area contributed by atoms with Crippen LogP contribution in [0.4, 0.5) is 0 Å². The van der Waals surface area contributed by atoms with Crippen LogP contribution in [-0.2, 0) is 16.0 Å². The molecular weight excluding hydrogens is 390 g/mol. The summed E-state index contributed by atoms with van der Waals surface area (Å²) in [6, 6.07) is 8.58. The summed E-state index contributed by atoms with van der Waals surface area (Å²) in [5.74, 6) is -0.621. The minimum atomic E-state index is -0.919. The van der Waals surface area contributed by atoms with Crippen molar-refractivity contribution in [3.63, 3.8) is 0 Å². The Hall–Kier alpha value is -2.18. The lowest BCUT2D eigenvalue weighted by molar-refractivity contribution is -0.141. The van der Waals surface area contributed by atoms with Gasteiger partial charge in [-0.25, -0.2) is 0 Å². The van der Waals surface area contributed by atoms with Crippen molar-refractivity contribution >= 4 is 11.9 Å². The summed E-state index contributed by atoms with van der Waals surface area (Å²) in [6.45, 7) is 9.70. The number of unbranched alkanes of at least 4 members (excludes halogenated alkanes) is 1. The van der Waals surface area contributed by atoms with E-state index in [4.69, 9.17) is 5.73 Å². The maximum absolute atomic E-state index is 13.5. The largest absolute Gasteiger partial charge is 0.480 e. The lowest BCUT2D eigenvalue weighted by Gasteiger charge is -2.33. The predicted octanol–water partition coefficient (Wildman–Crippen LogP) is 3.36. The van der Waals surface area contributed by atoms with Gasteiger partial charge in [0, 0.05) is 6.54 Å². The van der Waals surface area contributed by atoms with Gasteiger partial charge < -0.3 is 15.7 Å². The highest BCUT2D eigenvalue weighted by Crippen LogP contribution is 2.28. The Balaban J connectivity index is 2.11. The van der Waals surface area contributed by atoms with Crippen molar-refractivity contribution in [2.45, 2.75) is 76.9 Å². The van der Waals surface area contributed by atoms with Gasteiger partial charge in [0.2, 0.25) is 5.91 Å². The van der Waals surface area contributed by atoms with E-state index < -0.39 is 18.1 Å². The number of nitrogens with one attached hydrogen (secondary N) is 1. The number of likely N-dealkylation sites (tertiary alicyclic amines) is 1. The smallest absolute Gasteiger partial charge is 0.320 e. The second-order valence-electron chi connectivity index (χ2n) is 8.84. The molecule has 1 aliphatic rings. The number of carbonyl (C=O) groups excluding carboxylic acids is 1. The normalized spacial score (nSPS) is 18.2. The molecule has 1 saturated heterocycles. The topological polar surface area (TPSA) is 95.7 Å². The maximum atomic E-state index is 13.5. The lowest BCUT2D eigenvalue weighted by Crippen LogP contribution is -2.53. The number of hydrogen-bond acceptors (Lipinski definition) is 4. The predicted molar refractivity (Wildman–Crippen MR) is 125 cm³/mol. The van der Waals surface area contributed by atoms with Gasteiger partial charge in [0.1, 0.15) is 6.04 Å². The summed E-state index contributed by atoms with van der Waals surface area (Å²) in [4.78, 5) is 27.4. The van der Waals surface area contributed by atoms with E-state index in [2.05, 4.69) is 25.7 Å².